The third-order valence-electron chi connectivity index (χ3n) is 4.12. The Morgan fingerprint density at radius 3 is 2.53 bits per heavy atom. The first-order valence-corrected chi connectivity index (χ1v) is 9.31. The lowest BCUT2D eigenvalue weighted by Crippen LogP contribution is -2.20. The molecule has 3 N–H and O–H groups in total. The molecule has 0 saturated carbocycles. The van der Waals surface area contributed by atoms with E-state index >= 15 is 0 Å². The van der Waals surface area contributed by atoms with Gasteiger partial charge in [0, 0.05) is 17.8 Å². The summed E-state index contributed by atoms with van der Waals surface area (Å²) in [4.78, 5) is 34.2. The molecule has 2 amide bonds. The standard InChI is InChI=1S/C22H18N4O6/c27-20-7-2-1-6-19(20)22(29)25-23-13-15-8-10-18(11-9-15)32-14-21(28)24-16-4-3-5-17(12-16)26(30)31/h1-13,27H,14H2,(H,24,28)(H,25,29)/b23-13+. The maximum absolute atomic E-state index is 12.0. The molecule has 10 heteroatoms. The van der Waals surface area contributed by atoms with E-state index in [-0.39, 0.29) is 23.6 Å². The Kier molecular flexibility index (Phi) is 7.10. The van der Waals surface area contributed by atoms with Crippen LogP contribution >= 0.6 is 0 Å². The molecule has 0 heterocycles. The largest absolute Gasteiger partial charge is 0.507 e. The third-order valence-corrected chi connectivity index (χ3v) is 4.12. The van der Waals surface area contributed by atoms with Crippen LogP contribution in [0.3, 0.4) is 0 Å². The molecule has 0 bridgehead atoms. The number of rotatable bonds is 8. The molecular weight excluding hydrogens is 416 g/mol. The van der Waals surface area contributed by atoms with Gasteiger partial charge in [-0.05, 0) is 48.0 Å². The van der Waals surface area contributed by atoms with Crippen LogP contribution in [0.2, 0.25) is 0 Å². The van der Waals surface area contributed by atoms with Gasteiger partial charge in [-0.2, -0.15) is 5.10 Å². The van der Waals surface area contributed by atoms with Crippen LogP contribution in [-0.4, -0.2) is 34.7 Å². The van der Waals surface area contributed by atoms with Gasteiger partial charge in [-0.25, -0.2) is 5.43 Å². The van der Waals surface area contributed by atoms with Crippen molar-refractivity contribution in [1.82, 2.24) is 5.43 Å². The van der Waals surface area contributed by atoms with Crippen molar-refractivity contribution in [1.29, 1.82) is 0 Å². The van der Waals surface area contributed by atoms with E-state index in [0.29, 0.717) is 17.0 Å². The molecule has 3 rings (SSSR count). The van der Waals surface area contributed by atoms with E-state index in [9.17, 15) is 24.8 Å². The van der Waals surface area contributed by atoms with Gasteiger partial charge in [0.25, 0.3) is 17.5 Å². The maximum atomic E-state index is 12.0. The monoisotopic (exact) mass is 434 g/mol. The summed E-state index contributed by atoms with van der Waals surface area (Å²) < 4.78 is 5.40. The second-order valence-corrected chi connectivity index (χ2v) is 6.43. The van der Waals surface area contributed by atoms with Crippen molar-refractivity contribution in [3.8, 4) is 11.5 Å². The van der Waals surface area contributed by atoms with Gasteiger partial charge in [0.15, 0.2) is 6.61 Å². The average molecular weight is 434 g/mol. The molecule has 0 aliphatic rings. The van der Waals surface area contributed by atoms with E-state index in [1.807, 2.05) is 0 Å². The number of nitro benzene ring substituents is 1. The van der Waals surface area contributed by atoms with Crippen molar-refractivity contribution < 1.29 is 24.4 Å². The fourth-order valence-electron chi connectivity index (χ4n) is 2.58. The van der Waals surface area contributed by atoms with Gasteiger partial charge in [-0.3, -0.25) is 19.7 Å². The van der Waals surface area contributed by atoms with Crippen molar-refractivity contribution in [2.45, 2.75) is 0 Å². The van der Waals surface area contributed by atoms with E-state index in [1.165, 1.54) is 42.6 Å². The zero-order chi connectivity index (χ0) is 22.9. The summed E-state index contributed by atoms with van der Waals surface area (Å²) in [6.45, 7) is -0.285. The Bertz CT molecular complexity index is 1160. The van der Waals surface area contributed by atoms with E-state index < -0.39 is 16.7 Å². The lowest BCUT2D eigenvalue weighted by Gasteiger charge is -2.07. The number of non-ortho nitro benzene ring substituents is 1. The predicted molar refractivity (Wildman–Crippen MR) is 117 cm³/mol. The van der Waals surface area contributed by atoms with E-state index in [4.69, 9.17) is 4.74 Å². The minimum absolute atomic E-state index is 0.108. The maximum Gasteiger partial charge on any atom is 0.275 e. The zero-order valence-corrected chi connectivity index (χ0v) is 16.6. The molecule has 0 fully saturated rings. The van der Waals surface area contributed by atoms with Crippen molar-refractivity contribution in [2.75, 3.05) is 11.9 Å². The van der Waals surface area contributed by atoms with Crippen LogP contribution in [0.5, 0.6) is 11.5 Å². The quantitative estimate of drug-likeness (QED) is 0.282. The van der Waals surface area contributed by atoms with Gasteiger partial charge >= 0.3 is 0 Å². The molecule has 0 aliphatic heterocycles. The van der Waals surface area contributed by atoms with Gasteiger partial charge < -0.3 is 15.2 Å². The molecule has 0 aromatic heterocycles. The lowest BCUT2D eigenvalue weighted by molar-refractivity contribution is -0.384. The summed E-state index contributed by atoms with van der Waals surface area (Å²) in [7, 11) is 0. The SMILES string of the molecule is O=C(COc1ccc(/C=N/NC(=O)c2ccccc2O)cc1)Nc1cccc([N+](=O)[O-])c1. The Labute approximate surface area is 182 Å². The molecule has 0 saturated heterocycles. The number of nitro groups is 1. The molecule has 3 aromatic rings. The highest BCUT2D eigenvalue weighted by molar-refractivity contribution is 5.97. The minimum atomic E-state index is -0.548. The Morgan fingerprint density at radius 1 is 1.06 bits per heavy atom. The smallest absolute Gasteiger partial charge is 0.275 e. The van der Waals surface area contributed by atoms with Crippen LogP contribution in [0.4, 0.5) is 11.4 Å². The zero-order valence-electron chi connectivity index (χ0n) is 16.6. The highest BCUT2D eigenvalue weighted by Gasteiger charge is 2.10. The molecule has 3 aromatic carbocycles. The first-order chi connectivity index (χ1) is 15.4. The van der Waals surface area contributed by atoms with Crippen molar-refractivity contribution >= 4 is 29.4 Å². The summed E-state index contributed by atoms with van der Waals surface area (Å²) in [5.74, 6) is -0.733. The molecule has 0 spiro atoms. The number of benzene rings is 3. The van der Waals surface area contributed by atoms with Crippen LogP contribution in [0.25, 0.3) is 0 Å². The highest BCUT2D eigenvalue weighted by Crippen LogP contribution is 2.17. The topological polar surface area (TPSA) is 143 Å². The van der Waals surface area contributed by atoms with Crippen molar-refractivity contribution in [3.05, 3.63) is 94.0 Å². The highest BCUT2D eigenvalue weighted by atomic mass is 16.6. The fraction of sp³-hybridized carbons (Fsp3) is 0.0455. The molecule has 162 valence electrons. The van der Waals surface area contributed by atoms with Gasteiger partial charge in [-0.15, -0.1) is 0 Å². The number of nitrogens with one attached hydrogen (secondary N) is 2. The van der Waals surface area contributed by atoms with Gasteiger partial charge in [-0.1, -0.05) is 18.2 Å². The fourth-order valence-corrected chi connectivity index (χ4v) is 2.58. The van der Waals surface area contributed by atoms with Crippen LogP contribution in [0.1, 0.15) is 15.9 Å². The number of amides is 2. The van der Waals surface area contributed by atoms with Crippen molar-refractivity contribution in [3.63, 3.8) is 0 Å². The Hall–Kier alpha value is -4.73. The van der Waals surface area contributed by atoms with E-state index in [2.05, 4.69) is 15.8 Å². The number of carbonyl (C=O) groups is 2. The number of nitrogens with zero attached hydrogens (tertiary/aromatic N) is 2. The number of ether oxygens (including phenoxy) is 1. The van der Waals surface area contributed by atoms with Gasteiger partial charge in [0.05, 0.1) is 16.7 Å². The summed E-state index contributed by atoms with van der Waals surface area (Å²) in [6, 6.07) is 18.3. The molecule has 32 heavy (non-hydrogen) atoms. The van der Waals surface area contributed by atoms with Crippen LogP contribution in [0, 0.1) is 10.1 Å². The summed E-state index contributed by atoms with van der Waals surface area (Å²) in [5.41, 5.74) is 3.26. The lowest BCUT2D eigenvalue weighted by atomic mass is 10.2. The number of para-hydroxylation sites is 1. The number of phenolic OH excluding ortho intramolecular Hbond substituents is 1. The molecule has 0 unspecified atom stereocenters. The van der Waals surface area contributed by atoms with E-state index in [1.54, 1.807) is 36.4 Å². The molecule has 0 atom stereocenters. The number of phenols is 1. The number of aromatic hydroxyl groups is 1. The summed E-state index contributed by atoms with van der Waals surface area (Å²) >= 11 is 0. The molecule has 0 aliphatic carbocycles. The average Bonchev–Trinajstić information content (AvgIpc) is 2.79. The second-order valence-electron chi connectivity index (χ2n) is 6.43. The number of hydrazone groups is 1. The first kappa shape index (κ1) is 22.0. The van der Waals surface area contributed by atoms with Crippen molar-refractivity contribution in [2.24, 2.45) is 5.10 Å². The number of hydrogen-bond acceptors (Lipinski definition) is 7. The Morgan fingerprint density at radius 2 is 1.81 bits per heavy atom. The first-order valence-electron chi connectivity index (χ1n) is 9.31. The third kappa shape index (κ3) is 6.13. The Balaban J connectivity index is 1.48. The van der Waals surface area contributed by atoms with Gasteiger partial charge in [0.1, 0.15) is 11.5 Å². The molecular formula is C22H18N4O6. The summed E-state index contributed by atoms with van der Waals surface area (Å²) in [6.07, 6.45) is 1.41. The van der Waals surface area contributed by atoms with E-state index in [0.717, 1.165) is 0 Å². The van der Waals surface area contributed by atoms with Crippen LogP contribution < -0.4 is 15.5 Å². The summed E-state index contributed by atoms with van der Waals surface area (Å²) in [5, 5.41) is 26.8. The van der Waals surface area contributed by atoms with Gasteiger partial charge in [0.2, 0.25) is 0 Å². The number of carbonyl (C=O) groups excluding carboxylic acids is 2. The normalized spacial score (nSPS) is 10.5. The molecule has 10 nitrogen and oxygen atoms in total. The van der Waals surface area contributed by atoms with Crippen LogP contribution in [0.15, 0.2) is 77.9 Å². The number of hydrogen-bond donors (Lipinski definition) is 3. The van der Waals surface area contributed by atoms with Crippen LogP contribution in [-0.2, 0) is 4.79 Å². The molecule has 0 radical (unpaired) electrons. The minimum Gasteiger partial charge on any atom is -0.507 e. The second kappa shape index (κ2) is 10.3. The predicted octanol–water partition coefficient (Wildman–Crippen LogP) is 3.08. The number of anilines is 1.